The van der Waals surface area contributed by atoms with E-state index in [2.05, 4.69) is 10.1 Å². The normalized spacial score (nSPS) is 14.2. The fourth-order valence-corrected chi connectivity index (χ4v) is 3.30. The van der Waals surface area contributed by atoms with Gasteiger partial charge in [-0.25, -0.2) is 4.98 Å². The van der Waals surface area contributed by atoms with Gasteiger partial charge in [-0.2, -0.15) is 5.10 Å². The van der Waals surface area contributed by atoms with Crippen molar-refractivity contribution < 1.29 is 9.21 Å². The quantitative estimate of drug-likeness (QED) is 0.722. The van der Waals surface area contributed by atoms with Gasteiger partial charge in [-0.3, -0.25) is 9.48 Å². The summed E-state index contributed by atoms with van der Waals surface area (Å²) < 4.78 is 7.73. The van der Waals surface area contributed by atoms with Crippen LogP contribution >= 0.6 is 0 Å². The van der Waals surface area contributed by atoms with Gasteiger partial charge in [0.15, 0.2) is 0 Å². The maximum atomic E-state index is 13.0. The van der Waals surface area contributed by atoms with E-state index in [9.17, 15) is 4.79 Å². The molecular formula is C19H20N4O2. The Morgan fingerprint density at radius 1 is 1.24 bits per heavy atom. The average molecular weight is 336 g/mol. The van der Waals surface area contributed by atoms with Crippen molar-refractivity contribution in [1.29, 1.82) is 0 Å². The van der Waals surface area contributed by atoms with Gasteiger partial charge in [-0.05, 0) is 31.9 Å². The van der Waals surface area contributed by atoms with Crippen molar-refractivity contribution in [3.8, 4) is 11.5 Å². The first-order chi connectivity index (χ1) is 12.1. The highest BCUT2D eigenvalue weighted by Gasteiger charge is 2.27. The van der Waals surface area contributed by atoms with Crippen LogP contribution in [0.25, 0.3) is 11.5 Å². The number of aromatic nitrogens is 3. The number of amides is 1. The third kappa shape index (κ3) is 2.84. The van der Waals surface area contributed by atoms with E-state index < -0.39 is 0 Å². The predicted molar refractivity (Wildman–Crippen MR) is 92.9 cm³/mol. The van der Waals surface area contributed by atoms with Crippen LogP contribution in [0.4, 0.5) is 0 Å². The Kier molecular flexibility index (Phi) is 3.87. The topological polar surface area (TPSA) is 64.2 Å². The number of oxazole rings is 1. The van der Waals surface area contributed by atoms with E-state index in [4.69, 9.17) is 4.42 Å². The summed E-state index contributed by atoms with van der Waals surface area (Å²) in [6.07, 6.45) is 3.70. The highest BCUT2D eigenvalue weighted by atomic mass is 16.4. The molecule has 6 heteroatoms. The molecule has 6 nitrogen and oxygen atoms in total. The zero-order valence-corrected chi connectivity index (χ0v) is 14.4. The molecule has 0 radical (unpaired) electrons. The predicted octanol–water partition coefficient (Wildman–Crippen LogP) is 2.97. The zero-order chi connectivity index (χ0) is 17.4. The second kappa shape index (κ2) is 6.20. The molecule has 0 aliphatic carbocycles. The van der Waals surface area contributed by atoms with E-state index in [1.54, 1.807) is 0 Å². The number of hydrogen-bond donors (Lipinski definition) is 0. The molecule has 0 saturated heterocycles. The molecule has 1 aliphatic heterocycles. The van der Waals surface area contributed by atoms with E-state index in [-0.39, 0.29) is 5.91 Å². The van der Waals surface area contributed by atoms with Crippen LogP contribution in [-0.2, 0) is 20.0 Å². The summed E-state index contributed by atoms with van der Waals surface area (Å²) in [5.74, 6) is 0.702. The lowest BCUT2D eigenvalue weighted by Crippen LogP contribution is -2.30. The van der Waals surface area contributed by atoms with Crippen molar-refractivity contribution in [1.82, 2.24) is 19.7 Å². The lowest BCUT2D eigenvalue weighted by atomic mass is 10.2. The van der Waals surface area contributed by atoms with E-state index in [0.29, 0.717) is 30.4 Å². The summed E-state index contributed by atoms with van der Waals surface area (Å²) in [4.78, 5) is 19.3. The minimum absolute atomic E-state index is 0.108. The molecule has 25 heavy (non-hydrogen) atoms. The number of carbonyl (C=O) groups is 1. The summed E-state index contributed by atoms with van der Waals surface area (Å²) in [5, 5.41) is 4.31. The maximum Gasteiger partial charge on any atom is 0.291 e. The molecule has 0 spiro atoms. The van der Waals surface area contributed by atoms with Gasteiger partial charge in [0.2, 0.25) is 11.7 Å². The molecule has 0 N–H and O–H groups in total. The average Bonchev–Trinajstić information content (AvgIpc) is 3.10. The summed E-state index contributed by atoms with van der Waals surface area (Å²) in [6.45, 7) is 3.08. The van der Waals surface area contributed by atoms with Crippen LogP contribution in [0.15, 0.2) is 40.9 Å². The number of benzene rings is 1. The molecular weight excluding hydrogens is 316 g/mol. The Labute approximate surface area is 146 Å². The molecule has 1 aliphatic rings. The van der Waals surface area contributed by atoms with Crippen LogP contribution in [0.5, 0.6) is 0 Å². The third-order valence-corrected chi connectivity index (χ3v) is 4.65. The highest BCUT2D eigenvalue weighted by molar-refractivity contribution is 5.93. The second-order valence-electron chi connectivity index (χ2n) is 6.37. The van der Waals surface area contributed by atoms with Crippen LogP contribution in [0.3, 0.4) is 0 Å². The smallest absolute Gasteiger partial charge is 0.291 e. The van der Waals surface area contributed by atoms with Crippen molar-refractivity contribution in [3.05, 3.63) is 59.2 Å². The minimum Gasteiger partial charge on any atom is -0.431 e. The van der Waals surface area contributed by atoms with Gasteiger partial charge in [0.25, 0.3) is 5.91 Å². The lowest BCUT2D eigenvalue weighted by molar-refractivity contribution is 0.0713. The Bertz CT molecular complexity index is 911. The first kappa shape index (κ1) is 15.6. The van der Waals surface area contributed by atoms with Gasteiger partial charge in [-0.1, -0.05) is 18.2 Å². The molecule has 1 amide bonds. The van der Waals surface area contributed by atoms with Crippen LogP contribution in [0, 0.1) is 6.92 Å². The van der Waals surface area contributed by atoms with Crippen molar-refractivity contribution in [2.45, 2.75) is 26.3 Å². The van der Waals surface area contributed by atoms with E-state index in [0.717, 1.165) is 24.0 Å². The molecule has 4 rings (SSSR count). The Balaban J connectivity index is 1.62. The molecule has 3 aromatic rings. The number of carbonyl (C=O) groups excluding carboxylic acids is 1. The standard InChI is InChI=1S/C19H20N4O2/c1-13-17(25-18(21-13)14-7-4-3-5-8-14)19(24)23-10-6-9-16-15(12-23)11-20-22(16)2/h3-5,7-8,11H,6,9-10,12H2,1-2H3. The summed E-state index contributed by atoms with van der Waals surface area (Å²) in [6, 6.07) is 9.64. The second-order valence-corrected chi connectivity index (χ2v) is 6.37. The molecule has 0 bridgehead atoms. The third-order valence-electron chi connectivity index (χ3n) is 4.65. The molecule has 0 fully saturated rings. The van der Waals surface area contributed by atoms with Gasteiger partial charge >= 0.3 is 0 Å². The first-order valence-corrected chi connectivity index (χ1v) is 8.45. The molecule has 0 unspecified atom stereocenters. The van der Waals surface area contributed by atoms with Gasteiger partial charge in [0.1, 0.15) is 0 Å². The highest BCUT2D eigenvalue weighted by Crippen LogP contribution is 2.25. The lowest BCUT2D eigenvalue weighted by Gasteiger charge is -2.19. The molecule has 2 aromatic heterocycles. The van der Waals surface area contributed by atoms with Crippen molar-refractivity contribution in [2.75, 3.05) is 6.54 Å². The SMILES string of the molecule is Cc1nc(-c2ccccc2)oc1C(=O)N1CCCc2c(cnn2C)C1. The van der Waals surface area contributed by atoms with Crippen LogP contribution in [-0.4, -0.2) is 32.1 Å². The van der Waals surface area contributed by atoms with Crippen molar-refractivity contribution in [2.24, 2.45) is 7.05 Å². The van der Waals surface area contributed by atoms with Gasteiger partial charge in [0.05, 0.1) is 11.9 Å². The Morgan fingerprint density at radius 2 is 2.04 bits per heavy atom. The number of aryl methyl sites for hydroxylation is 2. The van der Waals surface area contributed by atoms with Crippen molar-refractivity contribution >= 4 is 5.91 Å². The minimum atomic E-state index is -0.108. The fourth-order valence-electron chi connectivity index (χ4n) is 3.30. The van der Waals surface area contributed by atoms with Gasteiger partial charge < -0.3 is 9.32 Å². The number of rotatable bonds is 2. The molecule has 128 valence electrons. The first-order valence-electron chi connectivity index (χ1n) is 8.45. The molecule has 0 atom stereocenters. The Morgan fingerprint density at radius 3 is 2.84 bits per heavy atom. The summed E-state index contributed by atoms with van der Waals surface area (Å²) in [7, 11) is 1.95. The number of nitrogens with zero attached hydrogens (tertiary/aromatic N) is 4. The van der Waals surface area contributed by atoms with Gasteiger partial charge in [0, 0.05) is 37.0 Å². The summed E-state index contributed by atoms with van der Waals surface area (Å²) in [5.41, 5.74) is 3.80. The largest absolute Gasteiger partial charge is 0.431 e. The molecule has 0 saturated carbocycles. The summed E-state index contributed by atoms with van der Waals surface area (Å²) >= 11 is 0. The van der Waals surface area contributed by atoms with Crippen LogP contribution in [0.2, 0.25) is 0 Å². The number of fused-ring (bicyclic) bond motifs is 1. The molecule has 1 aromatic carbocycles. The van der Waals surface area contributed by atoms with E-state index in [1.165, 1.54) is 5.69 Å². The van der Waals surface area contributed by atoms with Gasteiger partial charge in [-0.15, -0.1) is 0 Å². The zero-order valence-electron chi connectivity index (χ0n) is 14.4. The monoisotopic (exact) mass is 336 g/mol. The van der Waals surface area contributed by atoms with Crippen molar-refractivity contribution in [3.63, 3.8) is 0 Å². The molecule has 3 heterocycles. The number of hydrogen-bond acceptors (Lipinski definition) is 4. The van der Waals surface area contributed by atoms with Crippen LogP contribution < -0.4 is 0 Å². The fraction of sp³-hybridized carbons (Fsp3) is 0.316. The van der Waals surface area contributed by atoms with E-state index >= 15 is 0 Å². The maximum absolute atomic E-state index is 13.0. The van der Waals surface area contributed by atoms with Crippen LogP contribution in [0.1, 0.15) is 33.9 Å². The van der Waals surface area contributed by atoms with E-state index in [1.807, 2.05) is 60.1 Å². The Hall–Kier alpha value is -2.89.